The number of rotatable bonds is 6. The van der Waals surface area contributed by atoms with Crippen molar-refractivity contribution in [3.05, 3.63) is 95.0 Å². The predicted molar refractivity (Wildman–Crippen MR) is 111 cm³/mol. The minimum Gasteiger partial charge on any atom is -0.345 e. The van der Waals surface area contributed by atoms with Gasteiger partial charge in [-0.3, -0.25) is 9.52 Å². The van der Waals surface area contributed by atoms with Crippen molar-refractivity contribution in [3.8, 4) is 0 Å². The number of anilines is 1. The molecule has 5 nitrogen and oxygen atoms in total. The lowest BCUT2D eigenvalue weighted by Crippen LogP contribution is -2.26. The van der Waals surface area contributed by atoms with E-state index in [9.17, 15) is 13.2 Å². The van der Waals surface area contributed by atoms with Crippen LogP contribution in [-0.2, 0) is 10.0 Å². The van der Waals surface area contributed by atoms with Crippen LogP contribution in [0.2, 0.25) is 5.02 Å². The average molecular weight is 415 g/mol. The maximum atomic E-state index is 12.5. The molecule has 0 saturated heterocycles. The van der Waals surface area contributed by atoms with Gasteiger partial charge in [-0.05, 0) is 42.8 Å². The summed E-state index contributed by atoms with van der Waals surface area (Å²) >= 11 is 6.23. The molecule has 3 aromatic rings. The maximum Gasteiger partial charge on any atom is 0.261 e. The summed E-state index contributed by atoms with van der Waals surface area (Å²) in [5, 5.41) is 3.04. The molecule has 7 heteroatoms. The van der Waals surface area contributed by atoms with E-state index in [-0.39, 0.29) is 33.1 Å². The summed E-state index contributed by atoms with van der Waals surface area (Å²) in [7, 11) is -3.73. The number of hydrogen-bond donors (Lipinski definition) is 2. The fourth-order valence-corrected chi connectivity index (χ4v) is 4.01. The third kappa shape index (κ3) is 4.71. The Morgan fingerprint density at radius 2 is 1.54 bits per heavy atom. The topological polar surface area (TPSA) is 75.3 Å². The Morgan fingerprint density at radius 1 is 0.929 bits per heavy atom. The molecule has 0 bridgehead atoms. The molecule has 0 spiro atoms. The van der Waals surface area contributed by atoms with Crippen molar-refractivity contribution in [3.63, 3.8) is 0 Å². The van der Waals surface area contributed by atoms with Crippen molar-refractivity contribution in [2.24, 2.45) is 0 Å². The lowest BCUT2D eigenvalue weighted by Gasteiger charge is -2.15. The molecule has 1 atom stereocenters. The second kappa shape index (κ2) is 8.46. The summed E-state index contributed by atoms with van der Waals surface area (Å²) in [5.74, 6) is -0.334. The van der Waals surface area contributed by atoms with E-state index in [4.69, 9.17) is 11.6 Å². The lowest BCUT2D eigenvalue weighted by atomic mass is 10.1. The molecule has 3 rings (SSSR count). The summed E-state index contributed by atoms with van der Waals surface area (Å²) in [6.07, 6.45) is 0. The van der Waals surface area contributed by atoms with E-state index in [1.807, 2.05) is 37.3 Å². The van der Waals surface area contributed by atoms with E-state index in [0.29, 0.717) is 0 Å². The minimum atomic E-state index is -3.73. The van der Waals surface area contributed by atoms with E-state index in [1.54, 1.807) is 18.2 Å². The van der Waals surface area contributed by atoms with Gasteiger partial charge in [-0.25, -0.2) is 8.42 Å². The summed E-state index contributed by atoms with van der Waals surface area (Å²) in [6.45, 7) is 1.88. The van der Waals surface area contributed by atoms with Crippen LogP contribution in [-0.4, -0.2) is 14.3 Å². The van der Waals surface area contributed by atoms with E-state index in [2.05, 4.69) is 10.0 Å². The molecule has 0 unspecified atom stereocenters. The predicted octanol–water partition coefficient (Wildman–Crippen LogP) is 4.63. The zero-order chi connectivity index (χ0) is 20.1. The molecule has 0 radical (unpaired) electrons. The standard InChI is InChI=1S/C21H19ClN2O3S/c1-15(16-8-4-2-5-9-16)23-21(25)19-13-12-17(14-20(19)22)24-28(26,27)18-10-6-3-7-11-18/h2-15,24H,1H3,(H,23,25)/t15-/m0/s1. The van der Waals surface area contributed by atoms with Crippen molar-refractivity contribution in [2.45, 2.75) is 17.9 Å². The van der Waals surface area contributed by atoms with Gasteiger partial charge in [0.25, 0.3) is 15.9 Å². The molecule has 2 N–H and O–H groups in total. The number of carbonyl (C=O) groups is 1. The average Bonchev–Trinajstić information content (AvgIpc) is 2.69. The normalized spacial score (nSPS) is 12.2. The van der Waals surface area contributed by atoms with Crippen molar-refractivity contribution in [1.29, 1.82) is 0 Å². The first-order valence-electron chi connectivity index (χ1n) is 8.60. The van der Waals surface area contributed by atoms with Gasteiger partial charge in [0, 0.05) is 0 Å². The molecular weight excluding hydrogens is 396 g/mol. The number of sulfonamides is 1. The Bertz CT molecular complexity index is 1070. The van der Waals surface area contributed by atoms with Gasteiger partial charge in [-0.15, -0.1) is 0 Å². The summed E-state index contributed by atoms with van der Waals surface area (Å²) < 4.78 is 27.3. The molecular formula is C21H19ClN2O3S. The molecule has 0 fully saturated rings. The summed E-state index contributed by atoms with van der Waals surface area (Å²) in [4.78, 5) is 12.7. The van der Waals surface area contributed by atoms with Gasteiger partial charge in [0.15, 0.2) is 0 Å². The van der Waals surface area contributed by atoms with Gasteiger partial charge < -0.3 is 5.32 Å². The monoisotopic (exact) mass is 414 g/mol. The molecule has 0 aliphatic rings. The SMILES string of the molecule is C[C@H](NC(=O)c1ccc(NS(=O)(=O)c2ccccc2)cc1Cl)c1ccccc1. The molecule has 28 heavy (non-hydrogen) atoms. The van der Waals surface area contributed by atoms with Gasteiger partial charge in [0.05, 0.1) is 27.2 Å². The Balaban J connectivity index is 1.74. The number of amides is 1. The van der Waals surface area contributed by atoms with E-state index >= 15 is 0 Å². The van der Waals surface area contributed by atoms with Crippen LogP contribution in [0.5, 0.6) is 0 Å². The molecule has 144 valence electrons. The Hall–Kier alpha value is -2.83. The third-order valence-corrected chi connectivity index (χ3v) is 5.88. The van der Waals surface area contributed by atoms with Crippen LogP contribution in [0, 0.1) is 0 Å². The smallest absolute Gasteiger partial charge is 0.261 e. The van der Waals surface area contributed by atoms with Crippen molar-refractivity contribution in [2.75, 3.05) is 4.72 Å². The van der Waals surface area contributed by atoms with E-state index < -0.39 is 10.0 Å². The molecule has 0 aliphatic heterocycles. The quantitative estimate of drug-likeness (QED) is 0.617. The van der Waals surface area contributed by atoms with E-state index in [0.717, 1.165) is 5.56 Å². The zero-order valence-electron chi connectivity index (χ0n) is 15.1. The highest BCUT2D eigenvalue weighted by molar-refractivity contribution is 7.92. The van der Waals surface area contributed by atoms with Crippen LogP contribution < -0.4 is 10.0 Å². The molecule has 1 amide bonds. The van der Waals surface area contributed by atoms with Crippen LogP contribution in [0.15, 0.2) is 83.8 Å². The first-order chi connectivity index (χ1) is 13.4. The molecule has 0 aromatic heterocycles. The lowest BCUT2D eigenvalue weighted by molar-refractivity contribution is 0.0940. The minimum absolute atomic E-state index is 0.143. The summed E-state index contributed by atoms with van der Waals surface area (Å²) in [5.41, 5.74) is 1.52. The second-order valence-corrected chi connectivity index (χ2v) is 8.31. The van der Waals surface area contributed by atoms with Crippen LogP contribution in [0.25, 0.3) is 0 Å². The van der Waals surface area contributed by atoms with Gasteiger partial charge in [-0.2, -0.15) is 0 Å². The van der Waals surface area contributed by atoms with Crippen LogP contribution in [0.1, 0.15) is 28.9 Å². The van der Waals surface area contributed by atoms with Crippen LogP contribution >= 0.6 is 11.6 Å². The largest absolute Gasteiger partial charge is 0.345 e. The molecule has 3 aromatic carbocycles. The Kier molecular flexibility index (Phi) is 6.02. The highest BCUT2D eigenvalue weighted by Crippen LogP contribution is 2.24. The first kappa shape index (κ1) is 19.9. The van der Waals surface area contributed by atoms with E-state index in [1.165, 1.54) is 30.3 Å². The van der Waals surface area contributed by atoms with Gasteiger partial charge in [0.1, 0.15) is 0 Å². The number of hydrogen-bond acceptors (Lipinski definition) is 3. The van der Waals surface area contributed by atoms with Gasteiger partial charge in [-0.1, -0.05) is 60.1 Å². The molecule has 0 heterocycles. The fourth-order valence-electron chi connectivity index (χ4n) is 2.68. The maximum absolute atomic E-state index is 12.5. The fraction of sp³-hybridized carbons (Fsp3) is 0.0952. The highest BCUT2D eigenvalue weighted by atomic mass is 35.5. The number of halogens is 1. The Labute approximate surface area is 169 Å². The van der Waals surface area contributed by atoms with Crippen LogP contribution in [0.4, 0.5) is 5.69 Å². The molecule has 0 aliphatic carbocycles. The number of nitrogens with one attached hydrogen (secondary N) is 2. The van der Waals surface area contributed by atoms with Gasteiger partial charge >= 0.3 is 0 Å². The first-order valence-corrected chi connectivity index (χ1v) is 10.5. The van der Waals surface area contributed by atoms with Crippen LogP contribution in [0.3, 0.4) is 0 Å². The number of carbonyl (C=O) groups excluding carboxylic acids is 1. The Morgan fingerprint density at radius 3 is 2.14 bits per heavy atom. The summed E-state index contributed by atoms with van der Waals surface area (Å²) in [6, 6.07) is 21.8. The number of benzene rings is 3. The van der Waals surface area contributed by atoms with Crippen molar-refractivity contribution in [1.82, 2.24) is 5.32 Å². The van der Waals surface area contributed by atoms with Crippen molar-refractivity contribution < 1.29 is 13.2 Å². The third-order valence-electron chi connectivity index (χ3n) is 4.17. The van der Waals surface area contributed by atoms with Crippen molar-refractivity contribution >= 4 is 33.2 Å². The zero-order valence-corrected chi connectivity index (χ0v) is 16.7. The second-order valence-electron chi connectivity index (χ2n) is 6.22. The highest BCUT2D eigenvalue weighted by Gasteiger charge is 2.17. The molecule has 0 saturated carbocycles. The van der Waals surface area contributed by atoms with Gasteiger partial charge in [0.2, 0.25) is 0 Å².